The smallest absolute Gasteiger partial charge is 0.273 e. The number of carbonyl (C=O) groups excluding carboxylic acids is 1. The summed E-state index contributed by atoms with van der Waals surface area (Å²) < 4.78 is 7.18. The summed E-state index contributed by atoms with van der Waals surface area (Å²) >= 11 is 1.14. The summed E-state index contributed by atoms with van der Waals surface area (Å²) in [6.45, 7) is 6.49. The number of rotatable bonds is 6. The standard InChI is InChI=1S/C25H25N3O3S/c1-16-9-10-19(18(3)13-16)14-22-24(30)28(21-8-6-5-7-17(21)2)25(32-22)20(15-26)23(29)27-11-12-31-4/h5-10,13-14H,11-12H2,1-4H3,(H,27,29)/b22-14-,25-20-. The fourth-order valence-corrected chi connectivity index (χ4v) is 4.45. The quantitative estimate of drug-likeness (QED) is 0.587. The van der Waals surface area contributed by atoms with E-state index in [-0.39, 0.29) is 17.7 Å². The van der Waals surface area contributed by atoms with Crippen LogP contribution in [-0.2, 0) is 9.53 Å². The van der Waals surface area contributed by atoms with Crippen molar-refractivity contribution in [2.24, 2.45) is 0 Å². The number of amides is 1. The molecule has 0 aliphatic heterocycles. The van der Waals surface area contributed by atoms with Gasteiger partial charge < -0.3 is 10.1 Å². The minimum atomic E-state index is -0.536. The van der Waals surface area contributed by atoms with Crippen molar-refractivity contribution in [2.75, 3.05) is 20.3 Å². The zero-order chi connectivity index (χ0) is 23.3. The molecule has 0 saturated carbocycles. The summed E-state index contributed by atoms with van der Waals surface area (Å²) in [6.07, 6.45) is 1.82. The van der Waals surface area contributed by atoms with Crippen molar-refractivity contribution in [2.45, 2.75) is 20.8 Å². The van der Waals surface area contributed by atoms with Gasteiger partial charge in [-0.25, -0.2) is 0 Å². The molecule has 0 atom stereocenters. The molecule has 1 N–H and O–H groups in total. The Morgan fingerprint density at radius 3 is 2.59 bits per heavy atom. The van der Waals surface area contributed by atoms with Crippen molar-refractivity contribution in [3.8, 4) is 11.8 Å². The Morgan fingerprint density at radius 2 is 1.94 bits per heavy atom. The third-order valence-corrected chi connectivity index (χ3v) is 6.13. The molecule has 7 heteroatoms. The number of methoxy groups -OCH3 is 1. The van der Waals surface area contributed by atoms with Crippen LogP contribution < -0.4 is 20.1 Å². The Balaban J connectivity index is 2.34. The zero-order valence-electron chi connectivity index (χ0n) is 18.6. The van der Waals surface area contributed by atoms with Crippen LogP contribution in [0, 0.1) is 32.1 Å². The van der Waals surface area contributed by atoms with Crippen molar-refractivity contribution in [1.29, 1.82) is 5.26 Å². The highest BCUT2D eigenvalue weighted by Gasteiger charge is 2.17. The number of hydrogen-bond acceptors (Lipinski definition) is 5. The highest BCUT2D eigenvalue weighted by atomic mass is 32.1. The summed E-state index contributed by atoms with van der Waals surface area (Å²) in [6, 6.07) is 15.4. The highest BCUT2D eigenvalue weighted by Crippen LogP contribution is 2.12. The van der Waals surface area contributed by atoms with Gasteiger partial charge in [0, 0.05) is 13.7 Å². The highest BCUT2D eigenvalue weighted by molar-refractivity contribution is 7.07. The summed E-state index contributed by atoms with van der Waals surface area (Å²) in [5.41, 5.74) is 4.23. The lowest BCUT2D eigenvalue weighted by molar-refractivity contribution is -0.115. The fourth-order valence-electron chi connectivity index (χ4n) is 3.36. The van der Waals surface area contributed by atoms with Crippen molar-refractivity contribution < 1.29 is 9.53 Å². The van der Waals surface area contributed by atoms with Gasteiger partial charge in [-0.2, -0.15) is 5.26 Å². The van der Waals surface area contributed by atoms with Gasteiger partial charge in [0.2, 0.25) is 0 Å². The number of aryl methyl sites for hydroxylation is 3. The first-order chi connectivity index (χ1) is 15.4. The average Bonchev–Trinajstić information content (AvgIpc) is 3.07. The molecule has 0 aliphatic carbocycles. The van der Waals surface area contributed by atoms with Gasteiger partial charge in [0.05, 0.1) is 16.8 Å². The molecule has 0 aliphatic rings. The van der Waals surface area contributed by atoms with E-state index in [1.54, 1.807) is 0 Å². The fraction of sp³-hybridized carbons (Fsp3) is 0.240. The molecule has 0 unspecified atom stereocenters. The average molecular weight is 448 g/mol. The lowest BCUT2D eigenvalue weighted by Crippen LogP contribution is -2.35. The molecule has 1 heterocycles. The van der Waals surface area contributed by atoms with E-state index in [9.17, 15) is 14.9 Å². The van der Waals surface area contributed by atoms with Crippen molar-refractivity contribution in [3.63, 3.8) is 0 Å². The molecule has 0 spiro atoms. The SMILES string of the molecule is COCCNC(=O)/C(C#N)=c1\s/c(=C\c2ccc(C)cc2C)c(=O)n1-c1ccccc1C. The monoisotopic (exact) mass is 447 g/mol. The van der Waals surface area contributed by atoms with Crippen molar-refractivity contribution in [3.05, 3.63) is 84.3 Å². The van der Waals surface area contributed by atoms with Crippen molar-refractivity contribution >= 4 is 28.9 Å². The van der Waals surface area contributed by atoms with Crippen LogP contribution in [-0.4, -0.2) is 30.7 Å². The summed E-state index contributed by atoms with van der Waals surface area (Å²) in [4.78, 5) is 26.2. The van der Waals surface area contributed by atoms with E-state index in [0.717, 1.165) is 33.6 Å². The number of aromatic nitrogens is 1. The Bertz CT molecular complexity index is 1380. The molecule has 0 saturated heterocycles. The van der Waals surface area contributed by atoms with Crippen LogP contribution >= 0.6 is 11.3 Å². The lowest BCUT2D eigenvalue weighted by atomic mass is 10.1. The number of hydrogen-bond donors (Lipinski definition) is 1. The first-order valence-corrected chi connectivity index (χ1v) is 11.0. The van der Waals surface area contributed by atoms with Crippen LogP contribution in [0.2, 0.25) is 0 Å². The molecule has 0 fully saturated rings. The van der Waals surface area contributed by atoms with Crippen LogP contribution in [0.5, 0.6) is 0 Å². The number of carbonyl (C=O) groups is 1. The number of ether oxygens (including phenoxy) is 1. The van der Waals surface area contributed by atoms with Crippen LogP contribution in [0.15, 0.2) is 47.3 Å². The molecule has 0 bridgehead atoms. The third-order valence-electron chi connectivity index (χ3n) is 5.04. The first kappa shape index (κ1) is 23.2. The summed E-state index contributed by atoms with van der Waals surface area (Å²) in [5, 5.41) is 12.5. The van der Waals surface area contributed by atoms with E-state index < -0.39 is 5.91 Å². The normalized spacial score (nSPS) is 12.4. The maximum Gasteiger partial charge on any atom is 0.273 e. The maximum atomic E-state index is 13.5. The number of nitrogens with zero attached hydrogens (tertiary/aromatic N) is 2. The topological polar surface area (TPSA) is 84.1 Å². The van der Waals surface area contributed by atoms with Crippen LogP contribution in [0.3, 0.4) is 0 Å². The number of para-hydroxylation sites is 1. The molecule has 6 nitrogen and oxygen atoms in total. The Labute approximate surface area is 190 Å². The van der Waals surface area contributed by atoms with Gasteiger partial charge in [-0.3, -0.25) is 14.2 Å². The van der Waals surface area contributed by atoms with E-state index in [0.29, 0.717) is 21.5 Å². The van der Waals surface area contributed by atoms with Crippen LogP contribution in [0.4, 0.5) is 0 Å². The number of nitriles is 1. The summed E-state index contributed by atoms with van der Waals surface area (Å²) in [5.74, 6) is -0.536. The third kappa shape index (κ3) is 4.88. The maximum absolute atomic E-state index is 13.5. The minimum absolute atomic E-state index is 0.105. The molecule has 2 aromatic carbocycles. The van der Waals surface area contributed by atoms with Gasteiger partial charge >= 0.3 is 0 Å². The minimum Gasteiger partial charge on any atom is -0.383 e. The Morgan fingerprint density at radius 1 is 1.19 bits per heavy atom. The largest absolute Gasteiger partial charge is 0.383 e. The molecule has 3 aromatic rings. The van der Waals surface area contributed by atoms with E-state index in [4.69, 9.17) is 4.74 Å². The number of benzene rings is 2. The van der Waals surface area contributed by atoms with Gasteiger partial charge in [0.25, 0.3) is 11.5 Å². The second-order valence-corrected chi connectivity index (χ2v) is 8.47. The molecule has 3 rings (SSSR count). The first-order valence-electron chi connectivity index (χ1n) is 10.2. The van der Waals surface area contributed by atoms with E-state index in [2.05, 4.69) is 11.4 Å². The second-order valence-electron chi connectivity index (χ2n) is 7.44. The van der Waals surface area contributed by atoms with Crippen molar-refractivity contribution in [1.82, 2.24) is 9.88 Å². The molecule has 164 valence electrons. The molecular weight excluding hydrogens is 422 g/mol. The Kier molecular flexibility index (Phi) is 7.41. The molecule has 1 amide bonds. The Hall–Kier alpha value is -3.47. The number of thiazole rings is 1. The van der Waals surface area contributed by atoms with Gasteiger partial charge in [0.15, 0.2) is 5.57 Å². The second kappa shape index (κ2) is 10.2. The van der Waals surface area contributed by atoms with Crippen LogP contribution in [0.25, 0.3) is 17.3 Å². The zero-order valence-corrected chi connectivity index (χ0v) is 19.4. The lowest BCUT2D eigenvalue weighted by Gasteiger charge is -2.07. The molecule has 0 radical (unpaired) electrons. The predicted octanol–water partition coefficient (Wildman–Crippen LogP) is 2.09. The van der Waals surface area contributed by atoms with E-state index >= 15 is 0 Å². The van der Waals surface area contributed by atoms with Gasteiger partial charge in [-0.05, 0) is 49.6 Å². The van der Waals surface area contributed by atoms with Gasteiger partial charge in [-0.15, -0.1) is 11.3 Å². The van der Waals surface area contributed by atoms with E-state index in [1.807, 2.05) is 69.3 Å². The van der Waals surface area contributed by atoms with Crippen LogP contribution in [0.1, 0.15) is 22.3 Å². The molecule has 1 aromatic heterocycles. The van der Waals surface area contributed by atoms with Gasteiger partial charge in [-0.1, -0.05) is 42.0 Å². The molecular formula is C25H25N3O3S. The predicted molar refractivity (Wildman–Crippen MR) is 127 cm³/mol. The summed E-state index contributed by atoms with van der Waals surface area (Å²) in [7, 11) is 1.53. The number of nitrogens with one attached hydrogen (secondary N) is 1. The van der Waals surface area contributed by atoms with E-state index in [1.165, 1.54) is 11.7 Å². The van der Waals surface area contributed by atoms with Gasteiger partial charge in [0.1, 0.15) is 10.7 Å². The molecule has 32 heavy (non-hydrogen) atoms.